The van der Waals surface area contributed by atoms with Crippen molar-refractivity contribution in [3.63, 3.8) is 0 Å². The van der Waals surface area contributed by atoms with Gasteiger partial charge in [0.1, 0.15) is 6.61 Å². The molecule has 10 heteroatoms. The minimum absolute atomic E-state index is 0.0780. The molecule has 44 heavy (non-hydrogen) atoms. The third-order valence-corrected chi connectivity index (χ3v) is 8.71. The standard InChI is InChI=1S/C34H32Cl2N2O5S/c1-20(2)14-15-42-27-13-11-24(16-28(27)41-4)31-30(33(40)43-19-22-8-6-5-7-9-22)21(3)37-34-38(31)32(39)29(44-34)17-23-10-12-25(35)18-26(23)36/h5-13,16-18,20,31H,14-15,19H2,1-4H3/b29-17-. The predicted molar refractivity (Wildman–Crippen MR) is 174 cm³/mol. The number of aromatic nitrogens is 1. The second-order valence-corrected chi connectivity index (χ2v) is 12.6. The van der Waals surface area contributed by atoms with Crippen LogP contribution < -0.4 is 24.4 Å². The molecule has 0 aliphatic carbocycles. The van der Waals surface area contributed by atoms with Crippen LogP contribution in [0.4, 0.5) is 0 Å². The molecule has 0 N–H and O–H groups in total. The number of fused-ring (bicyclic) bond motifs is 1. The monoisotopic (exact) mass is 650 g/mol. The number of esters is 1. The fraction of sp³-hybridized carbons (Fsp3) is 0.265. The molecule has 0 fully saturated rings. The van der Waals surface area contributed by atoms with E-state index in [2.05, 4.69) is 18.8 Å². The van der Waals surface area contributed by atoms with Gasteiger partial charge in [-0.1, -0.05) is 90.9 Å². The summed E-state index contributed by atoms with van der Waals surface area (Å²) < 4.78 is 19.4. The molecule has 1 aliphatic rings. The number of ether oxygens (including phenoxy) is 3. The van der Waals surface area contributed by atoms with E-state index in [9.17, 15) is 9.59 Å². The van der Waals surface area contributed by atoms with Gasteiger partial charge in [0.15, 0.2) is 16.3 Å². The number of rotatable bonds is 10. The highest BCUT2D eigenvalue weighted by molar-refractivity contribution is 7.07. The molecule has 0 bridgehead atoms. The van der Waals surface area contributed by atoms with Gasteiger partial charge in [-0.3, -0.25) is 9.36 Å². The molecule has 4 aromatic rings. The first-order chi connectivity index (χ1) is 21.2. The lowest BCUT2D eigenvalue weighted by molar-refractivity contribution is -0.140. The van der Waals surface area contributed by atoms with Crippen LogP contribution in [-0.2, 0) is 16.1 Å². The Hall–Kier alpha value is -3.85. The first kappa shape index (κ1) is 31.6. The van der Waals surface area contributed by atoms with Gasteiger partial charge in [-0.2, -0.15) is 0 Å². The van der Waals surface area contributed by atoms with Crippen molar-refractivity contribution in [2.24, 2.45) is 10.9 Å². The number of hydrogen-bond donors (Lipinski definition) is 0. The number of thiazole rings is 1. The van der Waals surface area contributed by atoms with Gasteiger partial charge in [0.05, 0.1) is 35.6 Å². The summed E-state index contributed by atoms with van der Waals surface area (Å²) in [5.41, 5.74) is 2.54. The lowest BCUT2D eigenvalue weighted by Crippen LogP contribution is -2.39. The maximum atomic E-state index is 14.0. The molecule has 5 rings (SSSR count). The molecule has 228 valence electrons. The number of hydrogen-bond acceptors (Lipinski definition) is 7. The Morgan fingerprint density at radius 1 is 1.07 bits per heavy atom. The first-order valence-corrected chi connectivity index (χ1v) is 15.7. The second kappa shape index (κ2) is 13.8. The van der Waals surface area contributed by atoms with E-state index < -0.39 is 12.0 Å². The Kier molecular flexibility index (Phi) is 9.93. The van der Waals surface area contributed by atoms with Gasteiger partial charge in [0.2, 0.25) is 0 Å². The summed E-state index contributed by atoms with van der Waals surface area (Å²) in [5, 5.41) is 0.910. The molecule has 2 heterocycles. The molecule has 1 aliphatic heterocycles. The Labute approximate surface area is 269 Å². The molecule has 1 atom stereocenters. The first-order valence-electron chi connectivity index (χ1n) is 14.2. The van der Waals surface area contributed by atoms with Crippen LogP contribution in [0.25, 0.3) is 6.08 Å². The zero-order valence-corrected chi connectivity index (χ0v) is 27.1. The third-order valence-electron chi connectivity index (χ3n) is 7.16. The molecule has 3 aromatic carbocycles. The number of carbonyl (C=O) groups excluding carboxylic acids is 1. The van der Waals surface area contributed by atoms with Crippen LogP contribution >= 0.6 is 34.5 Å². The summed E-state index contributed by atoms with van der Waals surface area (Å²) in [4.78, 5) is 32.9. The van der Waals surface area contributed by atoms with E-state index in [1.807, 2.05) is 36.4 Å². The Bertz CT molecular complexity index is 1900. The van der Waals surface area contributed by atoms with Crippen molar-refractivity contribution in [2.45, 2.75) is 39.8 Å². The zero-order chi connectivity index (χ0) is 31.4. The van der Waals surface area contributed by atoms with E-state index in [1.54, 1.807) is 50.4 Å². The Balaban J connectivity index is 1.61. The van der Waals surface area contributed by atoms with Gasteiger partial charge in [-0.25, -0.2) is 9.79 Å². The van der Waals surface area contributed by atoms with E-state index in [-0.39, 0.29) is 17.7 Å². The van der Waals surface area contributed by atoms with E-state index in [0.29, 0.717) is 60.2 Å². The number of carbonyl (C=O) groups is 1. The number of halogens is 2. The summed E-state index contributed by atoms with van der Waals surface area (Å²) >= 11 is 13.7. The van der Waals surface area contributed by atoms with Gasteiger partial charge in [-0.15, -0.1) is 0 Å². The molecular formula is C34H32Cl2N2O5S. The fourth-order valence-electron chi connectivity index (χ4n) is 4.84. The SMILES string of the molecule is COc1cc(C2C(C(=O)OCc3ccccc3)=C(C)N=c3s/c(=C\c4ccc(Cl)cc4Cl)c(=O)n32)ccc1OCCC(C)C. The summed E-state index contributed by atoms with van der Waals surface area (Å²) in [6.07, 6.45) is 2.59. The van der Waals surface area contributed by atoms with Crippen LogP contribution in [0, 0.1) is 5.92 Å². The molecule has 0 radical (unpaired) electrons. The topological polar surface area (TPSA) is 79.1 Å². The van der Waals surface area contributed by atoms with E-state index in [4.69, 9.17) is 37.4 Å². The number of benzene rings is 3. The maximum Gasteiger partial charge on any atom is 0.338 e. The van der Waals surface area contributed by atoms with E-state index in [1.165, 1.54) is 15.9 Å². The molecule has 0 saturated heterocycles. The van der Waals surface area contributed by atoms with Gasteiger partial charge < -0.3 is 14.2 Å². The largest absolute Gasteiger partial charge is 0.493 e. The molecule has 0 saturated carbocycles. The van der Waals surface area contributed by atoms with Crippen molar-refractivity contribution >= 4 is 46.6 Å². The molecule has 1 aromatic heterocycles. The fourth-order valence-corrected chi connectivity index (χ4v) is 6.34. The van der Waals surface area contributed by atoms with E-state index in [0.717, 1.165) is 12.0 Å². The summed E-state index contributed by atoms with van der Waals surface area (Å²) in [5.74, 6) is 0.997. The second-order valence-electron chi connectivity index (χ2n) is 10.8. The maximum absolute atomic E-state index is 14.0. The van der Waals surface area contributed by atoms with E-state index >= 15 is 0 Å². The van der Waals surface area contributed by atoms with Crippen LogP contribution in [-0.4, -0.2) is 24.3 Å². The summed E-state index contributed by atoms with van der Waals surface area (Å²) in [7, 11) is 1.56. The Morgan fingerprint density at radius 3 is 2.55 bits per heavy atom. The zero-order valence-electron chi connectivity index (χ0n) is 24.8. The average Bonchev–Trinajstić information content (AvgIpc) is 3.31. The lowest BCUT2D eigenvalue weighted by Gasteiger charge is -2.25. The van der Waals surface area contributed by atoms with Crippen LogP contribution in [0.5, 0.6) is 11.5 Å². The smallest absolute Gasteiger partial charge is 0.338 e. The van der Waals surface area contributed by atoms with Crippen LogP contribution in [0.2, 0.25) is 10.0 Å². The van der Waals surface area contributed by atoms with Crippen LogP contribution in [0.15, 0.2) is 87.8 Å². The lowest BCUT2D eigenvalue weighted by atomic mass is 9.95. The molecule has 0 amide bonds. The van der Waals surface area contributed by atoms with Gasteiger partial charge in [0.25, 0.3) is 5.56 Å². The van der Waals surface area contributed by atoms with Crippen LogP contribution in [0.3, 0.4) is 0 Å². The van der Waals surface area contributed by atoms with Crippen molar-refractivity contribution in [1.29, 1.82) is 0 Å². The summed E-state index contributed by atoms with van der Waals surface area (Å²) in [6.45, 7) is 6.63. The van der Waals surface area contributed by atoms with Gasteiger partial charge in [0, 0.05) is 10.0 Å². The quantitative estimate of drug-likeness (QED) is 0.178. The van der Waals surface area contributed by atoms with Gasteiger partial charge in [-0.05, 0) is 66.3 Å². The van der Waals surface area contributed by atoms with Crippen molar-refractivity contribution < 1.29 is 19.0 Å². The molecular weight excluding hydrogens is 619 g/mol. The highest BCUT2D eigenvalue weighted by Crippen LogP contribution is 2.36. The molecule has 1 unspecified atom stereocenters. The van der Waals surface area contributed by atoms with Crippen LogP contribution in [0.1, 0.15) is 49.9 Å². The highest BCUT2D eigenvalue weighted by Gasteiger charge is 2.34. The third kappa shape index (κ3) is 6.93. The minimum atomic E-state index is -0.823. The summed E-state index contributed by atoms with van der Waals surface area (Å²) in [6, 6.07) is 19.1. The molecule has 7 nitrogen and oxygen atoms in total. The van der Waals surface area contributed by atoms with Crippen molar-refractivity contribution in [1.82, 2.24) is 4.57 Å². The number of methoxy groups -OCH3 is 1. The average molecular weight is 652 g/mol. The normalized spacial score (nSPS) is 14.8. The van der Waals surface area contributed by atoms with Crippen molar-refractivity contribution in [2.75, 3.05) is 13.7 Å². The number of allylic oxidation sites excluding steroid dienone is 1. The molecule has 0 spiro atoms. The highest BCUT2D eigenvalue weighted by atomic mass is 35.5. The Morgan fingerprint density at radius 2 is 1.84 bits per heavy atom. The van der Waals surface area contributed by atoms with Crippen molar-refractivity contribution in [3.8, 4) is 11.5 Å². The number of nitrogens with zero attached hydrogens (tertiary/aromatic N) is 2. The predicted octanol–water partition coefficient (Wildman–Crippen LogP) is 6.72. The minimum Gasteiger partial charge on any atom is -0.493 e. The van der Waals surface area contributed by atoms with Gasteiger partial charge >= 0.3 is 5.97 Å². The van der Waals surface area contributed by atoms with Crippen molar-refractivity contribution in [3.05, 3.63) is 124 Å².